The van der Waals surface area contributed by atoms with Crippen LogP contribution >= 0.6 is 0 Å². The van der Waals surface area contributed by atoms with Crippen molar-refractivity contribution in [3.05, 3.63) is 23.8 Å². The quantitative estimate of drug-likeness (QED) is 0.793. The van der Waals surface area contributed by atoms with E-state index >= 15 is 0 Å². The molecule has 1 fully saturated rings. The third-order valence-corrected chi connectivity index (χ3v) is 3.09. The van der Waals surface area contributed by atoms with Crippen LogP contribution in [-0.4, -0.2) is 25.9 Å². The molecule has 2 N–H and O–H groups in total. The fraction of sp³-hybridized carbons (Fsp3) is 0.500. The normalized spacial score (nSPS) is 22.6. The van der Waals surface area contributed by atoms with Crippen LogP contribution in [0.25, 0.3) is 0 Å². The number of nitrogens with one attached hydrogen (secondary N) is 2. The minimum atomic E-state index is 0.346. The summed E-state index contributed by atoms with van der Waals surface area (Å²) >= 11 is 0. The molecule has 1 aromatic carbocycles. The van der Waals surface area contributed by atoms with Crippen molar-refractivity contribution < 1.29 is 9.47 Å². The van der Waals surface area contributed by atoms with Crippen molar-refractivity contribution in [1.29, 1.82) is 0 Å². The molecule has 1 saturated heterocycles. The minimum Gasteiger partial charge on any atom is -0.454 e. The average Bonchev–Trinajstić information content (AvgIpc) is 2.97. The number of benzene rings is 1. The number of hydrogen-bond acceptors (Lipinski definition) is 4. The summed E-state index contributed by atoms with van der Waals surface area (Å²) in [5, 5.41) is 6.87. The average molecular weight is 220 g/mol. The maximum absolute atomic E-state index is 5.35. The first-order valence-electron chi connectivity index (χ1n) is 5.74. The minimum absolute atomic E-state index is 0.346. The molecule has 0 aliphatic carbocycles. The number of rotatable bonds is 3. The highest BCUT2D eigenvalue weighted by Crippen LogP contribution is 2.32. The van der Waals surface area contributed by atoms with Crippen molar-refractivity contribution in [2.24, 2.45) is 0 Å². The van der Waals surface area contributed by atoms with E-state index in [2.05, 4.69) is 22.8 Å². The summed E-state index contributed by atoms with van der Waals surface area (Å²) in [6.45, 7) is 3.44. The Kier molecular flexibility index (Phi) is 2.68. The highest BCUT2D eigenvalue weighted by atomic mass is 16.7. The molecule has 86 valence electrons. The van der Waals surface area contributed by atoms with Gasteiger partial charge in [-0.25, -0.2) is 0 Å². The Bertz CT molecular complexity index is 375. The molecular weight excluding hydrogens is 204 g/mol. The predicted octanol–water partition coefficient (Wildman–Crippen LogP) is 0.867. The Balaban J connectivity index is 1.61. The smallest absolute Gasteiger partial charge is 0.231 e. The van der Waals surface area contributed by atoms with Gasteiger partial charge in [0.1, 0.15) is 0 Å². The van der Waals surface area contributed by atoms with Crippen LogP contribution in [0.1, 0.15) is 12.0 Å². The zero-order chi connectivity index (χ0) is 10.8. The Labute approximate surface area is 94.9 Å². The first kappa shape index (κ1) is 9.93. The monoisotopic (exact) mass is 220 g/mol. The fourth-order valence-corrected chi connectivity index (χ4v) is 2.14. The highest BCUT2D eigenvalue weighted by molar-refractivity contribution is 5.44. The second-order valence-corrected chi connectivity index (χ2v) is 4.26. The Morgan fingerprint density at radius 1 is 1.31 bits per heavy atom. The summed E-state index contributed by atoms with van der Waals surface area (Å²) in [6, 6.07) is 6.72. The molecular formula is C12H16N2O2. The molecule has 1 aromatic rings. The lowest BCUT2D eigenvalue weighted by Gasteiger charge is -2.11. The van der Waals surface area contributed by atoms with Gasteiger partial charge in [0.05, 0.1) is 0 Å². The first-order valence-corrected chi connectivity index (χ1v) is 5.74. The van der Waals surface area contributed by atoms with E-state index in [-0.39, 0.29) is 0 Å². The molecule has 2 heterocycles. The van der Waals surface area contributed by atoms with Gasteiger partial charge in [-0.05, 0) is 30.7 Å². The lowest BCUT2D eigenvalue weighted by molar-refractivity contribution is 0.174. The molecule has 0 radical (unpaired) electrons. The zero-order valence-electron chi connectivity index (χ0n) is 9.16. The van der Waals surface area contributed by atoms with Crippen LogP contribution in [0.2, 0.25) is 0 Å². The fourth-order valence-electron chi connectivity index (χ4n) is 2.14. The SMILES string of the molecule is c1cc2c(cc1CNC1CCNC1)OCO2. The van der Waals surface area contributed by atoms with E-state index < -0.39 is 0 Å². The van der Waals surface area contributed by atoms with E-state index in [1.165, 1.54) is 12.0 Å². The van der Waals surface area contributed by atoms with Gasteiger partial charge in [-0.15, -0.1) is 0 Å². The molecule has 4 heteroatoms. The van der Waals surface area contributed by atoms with Crippen LogP contribution in [0, 0.1) is 0 Å². The molecule has 0 aromatic heterocycles. The van der Waals surface area contributed by atoms with Crippen LogP contribution in [0.4, 0.5) is 0 Å². The molecule has 2 aliphatic heterocycles. The van der Waals surface area contributed by atoms with E-state index in [0.717, 1.165) is 31.1 Å². The second kappa shape index (κ2) is 4.31. The van der Waals surface area contributed by atoms with Crippen LogP contribution in [0.15, 0.2) is 18.2 Å². The van der Waals surface area contributed by atoms with Gasteiger partial charge in [0.15, 0.2) is 11.5 Å². The molecule has 0 saturated carbocycles. The molecule has 0 spiro atoms. The van der Waals surface area contributed by atoms with Gasteiger partial charge < -0.3 is 20.1 Å². The maximum atomic E-state index is 5.35. The van der Waals surface area contributed by atoms with Crippen molar-refractivity contribution >= 4 is 0 Å². The standard InChI is InChI=1S/C12H16N2O2/c1-2-11-12(16-8-15-11)5-9(1)6-14-10-3-4-13-7-10/h1-2,5,10,13-14H,3-4,6-8H2. The summed E-state index contributed by atoms with van der Waals surface area (Å²) in [7, 11) is 0. The third-order valence-electron chi connectivity index (χ3n) is 3.09. The molecule has 3 rings (SSSR count). The van der Waals surface area contributed by atoms with E-state index in [0.29, 0.717) is 12.8 Å². The molecule has 0 bridgehead atoms. The van der Waals surface area contributed by atoms with Crippen LogP contribution in [-0.2, 0) is 6.54 Å². The molecule has 4 nitrogen and oxygen atoms in total. The van der Waals surface area contributed by atoms with Crippen molar-refractivity contribution in [1.82, 2.24) is 10.6 Å². The molecule has 16 heavy (non-hydrogen) atoms. The lowest BCUT2D eigenvalue weighted by Crippen LogP contribution is -2.30. The summed E-state index contributed by atoms with van der Waals surface area (Å²) in [5.74, 6) is 1.72. The van der Waals surface area contributed by atoms with Gasteiger partial charge >= 0.3 is 0 Å². The molecule has 2 aliphatic rings. The van der Waals surface area contributed by atoms with Gasteiger partial charge in [0, 0.05) is 19.1 Å². The van der Waals surface area contributed by atoms with Crippen LogP contribution in [0.5, 0.6) is 11.5 Å². The number of fused-ring (bicyclic) bond motifs is 1. The van der Waals surface area contributed by atoms with Gasteiger partial charge in [0.25, 0.3) is 0 Å². The van der Waals surface area contributed by atoms with Crippen LogP contribution < -0.4 is 20.1 Å². The van der Waals surface area contributed by atoms with Crippen molar-refractivity contribution in [3.63, 3.8) is 0 Å². The van der Waals surface area contributed by atoms with E-state index in [4.69, 9.17) is 9.47 Å². The first-order chi connectivity index (χ1) is 7.92. The predicted molar refractivity (Wildman–Crippen MR) is 60.7 cm³/mol. The van der Waals surface area contributed by atoms with E-state index in [1.54, 1.807) is 0 Å². The second-order valence-electron chi connectivity index (χ2n) is 4.26. The van der Waals surface area contributed by atoms with Crippen molar-refractivity contribution in [3.8, 4) is 11.5 Å². The highest BCUT2D eigenvalue weighted by Gasteiger charge is 2.15. The van der Waals surface area contributed by atoms with Crippen molar-refractivity contribution in [2.45, 2.75) is 19.0 Å². The summed E-state index contributed by atoms with van der Waals surface area (Å²) in [6.07, 6.45) is 1.21. The zero-order valence-corrected chi connectivity index (χ0v) is 9.16. The number of hydrogen-bond donors (Lipinski definition) is 2. The largest absolute Gasteiger partial charge is 0.454 e. The Morgan fingerprint density at radius 3 is 3.12 bits per heavy atom. The molecule has 1 atom stereocenters. The number of ether oxygens (including phenoxy) is 2. The van der Waals surface area contributed by atoms with Gasteiger partial charge in [-0.2, -0.15) is 0 Å². The van der Waals surface area contributed by atoms with Gasteiger partial charge in [-0.3, -0.25) is 0 Å². The topological polar surface area (TPSA) is 42.5 Å². The third kappa shape index (κ3) is 1.99. The molecule has 0 amide bonds. The maximum Gasteiger partial charge on any atom is 0.231 e. The summed E-state index contributed by atoms with van der Waals surface area (Å²) < 4.78 is 10.6. The molecule has 1 unspecified atom stereocenters. The Morgan fingerprint density at radius 2 is 2.25 bits per heavy atom. The summed E-state index contributed by atoms with van der Waals surface area (Å²) in [4.78, 5) is 0. The van der Waals surface area contributed by atoms with Gasteiger partial charge in [-0.1, -0.05) is 6.07 Å². The lowest BCUT2D eigenvalue weighted by atomic mass is 10.2. The van der Waals surface area contributed by atoms with E-state index in [1.807, 2.05) is 6.07 Å². The van der Waals surface area contributed by atoms with Crippen molar-refractivity contribution in [2.75, 3.05) is 19.9 Å². The van der Waals surface area contributed by atoms with Gasteiger partial charge in [0.2, 0.25) is 6.79 Å². The van der Waals surface area contributed by atoms with E-state index in [9.17, 15) is 0 Å². The Hall–Kier alpha value is -1.26. The summed E-state index contributed by atoms with van der Waals surface area (Å²) in [5.41, 5.74) is 1.25. The van der Waals surface area contributed by atoms with Crippen LogP contribution in [0.3, 0.4) is 0 Å².